The first-order chi connectivity index (χ1) is 9.99. The molecule has 0 unspecified atom stereocenters. The van der Waals surface area contributed by atoms with Crippen LogP contribution in [0.25, 0.3) is 0 Å². The Labute approximate surface area is 135 Å². The molecule has 5 nitrogen and oxygen atoms in total. The molecule has 1 aliphatic heterocycles. The molecule has 1 aromatic carbocycles. The fourth-order valence-electron chi connectivity index (χ4n) is 2.50. The Morgan fingerprint density at radius 2 is 1.95 bits per heavy atom. The van der Waals surface area contributed by atoms with Gasteiger partial charge in [0.15, 0.2) is 0 Å². The molecule has 0 amide bonds. The molecule has 7 heteroatoms. The van der Waals surface area contributed by atoms with Crippen molar-refractivity contribution in [2.75, 3.05) is 31.9 Å². The highest BCUT2D eigenvalue weighted by Crippen LogP contribution is 2.24. The third kappa shape index (κ3) is 4.95. The van der Waals surface area contributed by atoms with Crippen LogP contribution in [0.2, 0.25) is 0 Å². The summed E-state index contributed by atoms with van der Waals surface area (Å²) < 4.78 is 27.6. The number of sulfonamides is 1. The summed E-state index contributed by atoms with van der Waals surface area (Å²) in [6.07, 6.45) is 4.65. The average Bonchev–Trinajstić information content (AvgIpc) is 2.44. The van der Waals surface area contributed by atoms with Crippen molar-refractivity contribution < 1.29 is 8.42 Å². The van der Waals surface area contributed by atoms with Crippen LogP contribution in [0, 0.1) is 0 Å². The Morgan fingerprint density at radius 1 is 1.24 bits per heavy atom. The molecular formula is C14H22BrN3O2S. The highest BCUT2D eigenvalue weighted by molar-refractivity contribution is 9.10. The van der Waals surface area contributed by atoms with Gasteiger partial charge in [-0.1, -0.05) is 6.42 Å². The topological polar surface area (TPSA) is 75.4 Å². The molecule has 1 heterocycles. The Balaban J connectivity index is 1.83. The van der Waals surface area contributed by atoms with E-state index >= 15 is 0 Å². The van der Waals surface area contributed by atoms with Gasteiger partial charge in [-0.25, -0.2) is 13.1 Å². The molecule has 0 radical (unpaired) electrons. The molecule has 1 fully saturated rings. The van der Waals surface area contributed by atoms with E-state index in [1.165, 1.54) is 25.3 Å². The quantitative estimate of drug-likeness (QED) is 0.590. The Morgan fingerprint density at radius 3 is 2.62 bits per heavy atom. The van der Waals surface area contributed by atoms with Gasteiger partial charge in [0.05, 0.1) is 4.90 Å². The summed E-state index contributed by atoms with van der Waals surface area (Å²) in [5.41, 5.74) is 6.16. The number of halogens is 1. The molecule has 0 aliphatic carbocycles. The lowest BCUT2D eigenvalue weighted by molar-refractivity contribution is 0.227. The summed E-state index contributed by atoms with van der Waals surface area (Å²) >= 11 is 3.25. The summed E-state index contributed by atoms with van der Waals surface area (Å²) in [7, 11) is -3.48. The summed E-state index contributed by atoms with van der Waals surface area (Å²) in [6, 6.07) is 4.71. The van der Waals surface area contributed by atoms with Crippen molar-refractivity contribution in [3.8, 4) is 0 Å². The number of nitrogen functional groups attached to an aromatic ring is 1. The number of nitrogens with two attached hydrogens (primary N) is 1. The maximum atomic E-state index is 12.2. The molecule has 2 rings (SSSR count). The molecule has 0 bridgehead atoms. The van der Waals surface area contributed by atoms with E-state index in [4.69, 9.17) is 5.73 Å². The fourth-order valence-corrected chi connectivity index (χ4v) is 4.67. The fraction of sp³-hybridized carbons (Fsp3) is 0.571. The van der Waals surface area contributed by atoms with E-state index in [-0.39, 0.29) is 4.90 Å². The van der Waals surface area contributed by atoms with Crippen molar-refractivity contribution in [2.45, 2.75) is 30.6 Å². The number of likely N-dealkylation sites (tertiary alicyclic amines) is 1. The molecular weight excluding hydrogens is 354 g/mol. The summed E-state index contributed by atoms with van der Waals surface area (Å²) in [5.74, 6) is 0. The molecule has 0 aromatic heterocycles. The molecule has 21 heavy (non-hydrogen) atoms. The van der Waals surface area contributed by atoms with Gasteiger partial charge in [0.25, 0.3) is 0 Å². The number of rotatable bonds is 6. The first-order valence-corrected chi connectivity index (χ1v) is 9.54. The normalized spacial score (nSPS) is 17.0. The monoisotopic (exact) mass is 375 g/mol. The summed E-state index contributed by atoms with van der Waals surface area (Å²) in [6.45, 7) is 3.67. The van der Waals surface area contributed by atoms with Gasteiger partial charge in [0.2, 0.25) is 10.0 Å². The van der Waals surface area contributed by atoms with E-state index in [2.05, 4.69) is 25.6 Å². The van der Waals surface area contributed by atoms with Gasteiger partial charge in [0, 0.05) is 16.7 Å². The van der Waals surface area contributed by atoms with Crippen molar-refractivity contribution in [2.24, 2.45) is 0 Å². The number of piperidine rings is 1. The smallest absolute Gasteiger partial charge is 0.241 e. The number of nitrogens with zero attached hydrogens (tertiary/aromatic N) is 1. The number of hydrogen-bond donors (Lipinski definition) is 2. The number of anilines is 1. The minimum atomic E-state index is -3.48. The molecule has 3 N–H and O–H groups in total. The maximum Gasteiger partial charge on any atom is 0.241 e. The number of benzene rings is 1. The van der Waals surface area contributed by atoms with Crippen molar-refractivity contribution in [3.63, 3.8) is 0 Å². The average molecular weight is 376 g/mol. The molecule has 118 valence electrons. The summed E-state index contributed by atoms with van der Waals surface area (Å²) in [4.78, 5) is 2.63. The number of hydrogen-bond acceptors (Lipinski definition) is 4. The Hall–Kier alpha value is -0.630. The van der Waals surface area contributed by atoms with Crippen LogP contribution in [0.3, 0.4) is 0 Å². The third-order valence-electron chi connectivity index (χ3n) is 3.64. The Kier molecular flexibility index (Phi) is 6.04. The van der Waals surface area contributed by atoms with E-state index in [0.717, 1.165) is 26.1 Å². The Bertz CT molecular complexity index is 572. The zero-order chi connectivity index (χ0) is 15.3. The predicted molar refractivity (Wildman–Crippen MR) is 88.7 cm³/mol. The standard InChI is InChI=1S/C14H22BrN3O2S/c15-13-11-12(16)5-6-14(13)21(19,20)17-7-4-10-18-8-2-1-3-9-18/h5-6,11,17H,1-4,7-10,16H2. The third-order valence-corrected chi connectivity index (χ3v) is 6.08. The van der Waals surface area contributed by atoms with Crippen LogP contribution in [-0.4, -0.2) is 39.5 Å². The van der Waals surface area contributed by atoms with Crippen LogP contribution < -0.4 is 10.5 Å². The van der Waals surface area contributed by atoms with E-state index in [1.807, 2.05) is 0 Å². The van der Waals surface area contributed by atoms with Gasteiger partial charge < -0.3 is 10.6 Å². The second-order valence-electron chi connectivity index (χ2n) is 5.34. The number of nitrogens with one attached hydrogen (secondary N) is 1. The minimum Gasteiger partial charge on any atom is -0.399 e. The minimum absolute atomic E-state index is 0.231. The highest BCUT2D eigenvalue weighted by Gasteiger charge is 2.17. The zero-order valence-corrected chi connectivity index (χ0v) is 14.4. The van der Waals surface area contributed by atoms with Crippen molar-refractivity contribution in [1.82, 2.24) is 9.62 Å². The van der Waals surface area contributed by atoms with Crippen LogP contribution >= 0.6 is 15.9 Å². The first kappa shape index (κ1) is 16.7. The lowest BCUT2D eigenvalue weighted by Gasteiger charge is -2.26. The second-order valence-corrected chi connectivity index (χ2v) is 7.93. The van der Waals surface area contributed by atoms with Gasteiger partial charge in [-0.3, -0.25) is 0 Å². The molecule has 1 aliphatic rings. The van der Waals surface area contributed by atoms with Crippen LogP contribution in [0.1, 0.15) is 25.7 Å². The lowest BCUT2D eigenvalue weighted by atomic mass is 10.1. The molecule has 0 atom stereocenters. The van der Waals surface area contributed by atoms with Gasteiger partial charge in [0.1, 0.15) is 0 Å². The summed E-state index contributed by atoms with van der Waals surface area (Å²) in [5, 5.41) is 0. The van der Waals surface area contributed by atoms with Crippen molar-refractivity contribution in [1.29, 1.82) is 0 Å². The van der Waals surface area contributed by atoms with Crippen molar-refractivity contribution in [3.05, 3.63) is 22.7 Å². The van der Waals surface area contributed by atoms with E-state index in [9.17, 15) is 8.42 Å². The SMILES string of the molecule is Nc1ccc(S(=O)(=O)NCCCN2CCCCC2)c(Br)c1. The molecule has 1 saturated heterocycles. The van der Waals surface area contributed by atoms with Crippen molar-refractivity contribution >= 4 is 31.6 Å². The van der Waals surface area contributed by atoms with Crippen LogP contribution in [0.15, 0.2) is 27.6 Å². The maximum absolute atomic E-state index is 12.2. The molecule has 0 spiro atoms. The van der Waals surface area contributed by atoms with Gasteiger partial charge in [-0.15, -0.1) is 0 Å². The van der Waals surface area contributed by atoms with Gasteiger partial charge >= 0.3 is 0 Å². The van der Waals surface area contributed by atoms with E-state index < -0.39 is 10.0 Å². The van der Waals surface area contributed by atoms with Gasteiger partial charge in [-0.2, -0.15) is 0 Å². The van der Waals surface area contributed by atoms with Crippen LogP contribution in [0.5, 0.6) is 0 Å². The van der Waals surface area contributed by atoms with Gasteiger partial charge in [-0.05, 0) is 73.0 Å². The second kappa shape index (κ2) is 7.58. The highest BCUT2D eigenvalue weighted by atomic mass is 79.9. The largest absolute Gasteiger partial charge is 0.399 e. The van der Waals surface area contributed by atoms with E-state index in [0.29, 0.717) is 16.7 Å². The van der Waals surface area contributed by atoms with Crippen LogP contribution in [0.4, 0.5) is 5.69 Å². The van der Waals surface area contributed by atoms with Crippen LogP contribution in [-0.2, 0) is 10.0 Å². The lowest BCUT2D eigenvalue weighted by Crippen LogP contribution is -2.33. The first-order valence-electron chi connectivity index (χ1n) is 7.26. The zero-order valence-electron chi connectivity index (χ0n) is 12.0. The van der Waals surface area contributed by atoms with E-state index in [1.54, 1.807) is 12.1 Å². The predicted octanol–water partition coefficient (Wildman–Crippen LogP) is 2.19. The molecule has 1 aromatic rings. The molecule has 0 saturated carbocycles.